The highest BCUT2D eigenvalue weighted by Gasteiger charge is 2.63. The van der Waals surface area contributed by atoms with Gasteiger partial charge < -0.3 is 35.9 Å². The van der Waals surface area contributed by atoms with Gasteiger partial charge in [-0.05, 0) is 75.5 Å². The number of likely N-dealkylation sites (N-methyl/N-ethyl adjacent to an activating group) is 1. The lowest BCUT2D eigenvalue weighted by Crippen LogP contribution is -2.63. The van der Waals surface area contributed by atoms with Gasteiger partial charge in [0.05, 0.1) is 18.2 Å². The lowest BCUT2D eigenvalue weighted by molar-refractivity contribution is -0.148. The monoisotopic (exact) mass is 549 g/mol. The number of phenols is 1. The highest BCUT2D eigenvalue weighted by Crippen LogP contribution is 2.53. The number of amides is 1. The van der Waals surface area contributed by atoms with E-state index in [1.807, 2.05) is 6.07 Å². The van der Waals surface area contributed by atoms with Gasteiger partial charge in [-0.25, -0.2) is 0 Å². The van der Waals surface area contributed by atoms with E-state index in [-0.39, 0.29) is 29.7 Å². The van der Waals surface area contributed by atoms with E-state index < -0.39 is 58.0 Å². The SMILES string of the molecule is CN(C)[C@@H]1C(O)=C(C(N)=O)C(=O)[C@@]2(O)C(O)=C3C(=O)c4c(O)ccc(-c5ccc(CNC6CC6)o5)c4C[C@H]3C[C@@H]12. The molecule has 1 fully saturated rings. The Labute approximate surface area is 229 Å². The summed E-state index contributed by atoms with van der Waals surface area (Å²) in [6.45, 7) is 0.567. The molecule has 1 saturated carbocycles. The van der Waals surface area contributed by atoms with E-state index in [1.165, 1.54) is 11.0 Å². The topological polar surface area (TPSA) is 187 Å². The molecular formula is C29H31N3O8. The molecule has 6 rings (SSSR count). The van der Waals surface area contributed by atoms with Gasteiger partial charge in [0.1, 0.15) is 34.4 Å². The van der Waals surface area contributed by atoms with E-state index in [0.717, 1.165) is 18.6 Å². The number of ketones is 2. The summed E-state index contributed by atoms with van der Waals surface area (Å²) in [4.78, 5) is 40.9. The first-order chi connectivity index (χ1) is 18.9. The fourth-order valence-corrected chi connectivity index (χ4v) is 6.63. The molecule has 0 radical (unpaired) electrons. The minimum Gasteiger partial charge on any atom is -0.510 e. The molecular weight excluding hydrogens is 518 g/mol. The molecule has 1 aromatic heterocycles. The van der Waals surface area contributed by atoms with Crippen molar-refractivity contribution in [2.45, 2.75) is 49.9 Å². The number of aliphatic hydroxyl groups excluding tert-OH is 2. The van der Waals surface area contributed by atoms with Crippen molar-refractivity contribution in [3.05, 3.63) is 63.8 Å². The zero-order valence-corrected chi connectivity index (χ0v) is 22.1. The Balaban J connectivity index is 1.46. The summed E-state index contributed by atoms with van der Waals surface area (Å²) in [5.41, 5.74) is 2.77. The number of carbonyl (C=O) groups is 3. The quantitative estimate of drug-likeness (QED) is 0.289. The van der Waals surface area contributed by atoms with Crippen LogP contribution in [0.2, 0.25) is 0 Å². The van der Waals surface area contributed by atoms with Crippen molar-refractivity contribution in [2.75, 3.05) is 14.1 Å². The van der Waals surface area contributed by atoms with Crippen LogP contribution in [0.5, 0.6) is 5.75 Å². The molecule has 0 saturated heterocycles. The summed E-state index contributed by atoms with van der Waals surface area (Å²) in [7, 11) is 3.19. The number of fused-ring (bicyclic) bond motifs is 3. The average Bonchev–Trinajstić information content (AvgIpc) is 3.60. The van der Waals surface area contributed by atoms with Gasteiger partial charge >= 0.3 is 0 Å². The van der Waals surface area contributed by atoms with Crippen LogP contribution in [-0.4, -0.2) is 74.6 Å². The van der Waals surface area contributed by atoms with Gasteiger partial charge in [0.15, 0.2) is 11.4 Å². The Morgan fingerprint density at radius 2 is 1.88 bits per heavy atom. The Bertz CT molecular complexity index is 1530. The van der Waals surface area contributed by atoms with Crippen LogP contribution in [0.4, 0.5) is 0 Å². The molecule has 0 bridgehead atoms. The summed E-state index contributed by atoms with van der Waals surface area (Å²) in [6, 6.07) is 6.16. The summed E-state index contributed by atoms with van der Waals surface area (Å²) in [5, 5.41) is 48.1. The number of primary amides is 1. The molecule has 11 nitrogen and oxygen atoms in total. The lowest BCUT2D eigenvalue weighted by Gasteiger charge is -2.50. The normalized spacial score (nSPS) is 28.1. The summed E-state index contributed by atoms with van der Waals surface area (Å²) >= 11 is 0. The molecule has 0 spiro atoms. The fourth-order valence-electron chi connectivity index (χ4n) is 6.63. The van der Waals surface area contributed by atoms with Crippen LogP contribution in [-0.2, 0) is 22.6 Å². The molecule has 11 heteroatoms. The van der Waals surface area contributed by atoms with Gasteiger partial charge in [-0.1, -0.05) is 0 Å². The second kappa shape index (κ2) is 9.05. The molecule has 1 aromatic carbocycles. The maximum atomic E-state index is 13.9. The maximum Gasteiger partial charge on any atom is 0.255 e. The number of carbonyl (C=O) groups excluding carboxylic acids is 3. The van der Waals surface area contributed by atoms with Crippen LogP contribution in [0.1, 0.15) is 40.9 Å². The number of benzene rings is 1. The summed E-state index contributed by atoms with van der Waals surface area (Å²) in [6.07, 6.45) is 2.49. The first-order valence-electron chi connectivity index (χ1n) is 13.3. The second-order valence-electron chi connectivity index (χ2n) is 11.4. The Morgan fingerprint density at radius 1 is 1.15 bits per heavy atom. The molecule has 0 unspecified atom stereocenters. The second-order valence-corrected chi connectivity index (χ2v) is 11.4. The molecule has 4 aliphatic carbocycles. The molecule has 7 N–H and O–H groups in total. The lowest BCUT2D eigenvalue weighted by atomic mass is 9.58. The minimum atomic E-state index is -2.66. The largest absolute Gasteiger partial charge is 0.510 e. The van der Waals surface area contributed by atoms with Crippen molar-refractivity contribution in [1.29, 1.82) is 0 Å². The predicted molar refractivity (Wildman–Crippen MR) is 141 cm³/mol. The van der Waals surface area contributed by atoms with Crippen molar-refractivity contribution in [3.63, 3.8) is 0 Å². The molecule has 2 aromatic rings. The maximum absolute atomic E-state index is 13.9. The molecule has 0 aliphatic heterocycles. The van der Waals surface area contributed by atoms with Crippen LogP contribution in [0.15, 0.2) is 51.3 Å². The standard InChI is InChI=1S/C29H31N3O8/c1-32(2)23-17-10-12-9-16-15(19-8-5-14(40-19)11-31-13-3-4-13)6-7-18(33)21(16)24(34)20(12)26(36)29(17,39)27(37)22(25(23)35)28(30)38/h5-8,12-13,17,23,31,33,35-36,39H,3-4,9-11H2,1-2H3,(H2,30,38)/t12-,17-,23-,29-/m0/s1. The third-order valence-corrected chi connectivity index (χ3v) is 8.68. The zero-order valence-electron chi connectivity index (χ0n) is 22.1. The summed E-state index contributed by atoms with van der Waals surface area (Å²) < 4.78 is 6.07. The third kappa shape index (κ3) is 3.72. The van der Waals surface area contributed by atoms with Crippen molar-refractivity contribution in [3.8, 4) is 17.1 Å². The van der Waals surface area contributed by atoms with E-state index in [0.29, 0.717) is 29.5 Å². The Hall–Kier alpha value is -3.93. The van der Waals surface area contributed by atoms with E-state index in [2.05, 4.69) is 5.32 Å². The van der Waals surface area contributed by atoms with Crippen LogP contribution in [0.3, 0.4) is 0 Å². The number of hydrogen-bond acceptors (Lipinski definition) is 10. The molecule has 210 valence electrons. The number of rotatable bonds is 6. The van der Waals surface area contributed by atoms with Crippen molar-refractivity contribution < 1.29 is 39.2 Å². The number of nitrogens with two attached hydrogens (primary N) is 1. The highest BCUT2D eigenvalue weighted by atomic mass is 16.4. The molecule has 1 amide bonds. The van der Waals surface area contributed by atoms with Gasteiger partial charge in [-0.3, -0.25) is 19.3 Å². The average molecular weight is 550 g/mol. The number of allylic oxidation sites excluding steroid dienone is 1. The number of phenolic OH excluding ortho intramolecular Hbond substituents is 1. The fraction of sp³-hybridized carbons (Fsp3) is 0.414. The zero-order chi connectivity index (χ0) is 28.7. The van der Waals surface area contributed by atoms with Crippen molar-refractivity contribution in [1.82, 2.24) is 10.2 Å². The molecule has 4 aliphatic rings. The summed E-state index contributed by atoms with van der Waals surface area (Å²) in [5.74, 6) is -5.53. The number of aliphatic hydroxyl groups is 3. The predicted octanol–water partition coefficient (Wildman–Crippen LogP) is 1.63. The van der Waals surface area contributed by atoms with Crippen LogP contribution >= 0.6 is 0 Å². The number of hydrogen-bond donors (Lipinski definition) is 6. The Kier molecular flexibility index (Phi) is 5.95. The van der Waals surface area contributed by atoms with Crippen LogP contribution < -0.4 is 11.1 Å². The van der Waals surface area contributed by atoms with Gasteiger partial charge in [0.2, 0.25) is 5.78 Å². The number of nitrogens with one attached hydrogen (secondary N) is 1. The van der Waals surface area contributed by atoms with E-state index in [9.17, 15) is 34.8 Å². The first-order valence-corrected chi connectivity index (χ1v) is 13.3. The van der Waals surface area contributed by atoms with E-state index in [1.54, 1.807) is 26.2 Å². The number of nitrogens with zero attached hydrogens (tertiary/aromatic N) is 1. The van der Waals surface area contributed by atoms with E-state index in [4.69, 9.17) is 10.2 Å². The molecule has 4 atom stereocenters. The van der Waals surface area contributed by atoms with Gasteiger partial charge in [0.25, 0.3) is 5.91 Å². The Morgan fingerprint density at radius 3 is 2.52 bits per heavy atom. The highest BCUT2D eigenvalue weighted by molar-refractivity contribution is 6.24. The van der Waals surface area contributed by atoms with Crippen molar-refractivity contribution in [2.24, 2.45) is 17.6 Å². The van der Waals surface area contributed by atoms with Gasteiger partial charge in [-0.15, -0.1) is 0 Å². The number of Topliss-reactive ketones (excluding diaryl/α,β-unsaturated/α-hetero) is 2. The number of furan rings is 1. The van der Waals surface area contributed by atoms with Crippen LogP contribution in [0.25, 0.3) is 11.3 Å². The molecule has 1 heterocycles. The molecule has 40 heavy (non-hydrogen) atoms. The van der Waals surface area contributed by atoms with Crippen LogP contribution in [0, 0.1) is 11.8 Å². The first kappa shape index (κ1) is 26.3. The van der Waals surface area contributed by atoms with E-state index >= 15 is 0 Å². The van der Waals surface area contributed by atoms with Gasteiger partial charge in [0, 0.05) is 23.1 Å². The smallest absolute Gasteiger partial charge is 0.255 e. The number of aromatic hydroxyl groups is 1. The van der Waals surface area contributed by atoms with Crippen molar-refractivity contribution >= 4 is 17.5 Å². The minimum absolute atomic E-state index is 0.0234. The van der Waals surface area contributed by atoms with Gasteiger partial charge in [-0.2, -0.15) is 0 Å². The third-order valence-electron chi connectivity index (χ3n) is 8.68.